The number of carbonyl (C=O) groups is 1. The lowest BCUT2D eigenvalue weighted by Crippen LogP contribution is -2.53. The number of sulfone groups is 1. The minimum atomic E-state index is -2.97. The Kier molecular flexibility index (Phi) is 4.14. The maximum absolute atomic E-state index is 12.2. The van der Waals surface area contributed by atoms with Gasteiger partial charge in [0.1, 0.15) is 5.82 Å². The zero-order chi connectivity index (χ0) is 15.6. The van der Waals surface area contributed by atoms with Gasteiger partial charge < -0.3 is 15.1 Å². The molecule has 1 aromatic rings. The molecule has 0 aromatic carbocycles. The van der Waals surface area contributed by atoms with E-state index in [1.54, 1.807) is 23.5 Å². The van der Waals surface area contributed by atoms with E-state index in [4.69, 9.17) is 0 Å². The van der Waals surface area contributed by atoms with Gasteiger partial charge in [0.2, 0.25) is 0 Å². The highest BCUT2D eigenvalue weighted by Crippen LogP contribution is 2.14. The summed E-state index contributed by atoms with van der Waals surface area (Å²) in [5, 5.41) is 2.82. The van der Waals surface area contributed by atoms with Crippen molar-refractivity contribution in [2.45, 2.75) is 12.5 Å². The van der Waals surface area contributed by atoms with Crippen molar-refractivity contribution < 1.29 is 13.2 Å². The lowest BCUT2D eigenvalue weighted by atomic mass is 10.2. The van der Waals surface area contributed by atoms with Crippen molar-refractivity contribution in [2.24, 2.45) is 0 Å². The molecular formula is C13H19N5O3S. The van der Waals surface area contributed by atoms with Crippen LogP contribution in [0.2, 0.25) is 0 Å². The monoisotopic (exact) mass is 325 g/mol. The third-order valence-corrected chi connectivity index (χ3v) is 5.77. The predicted octanol–water partition coefficient (Wildman–Crippen LogP) is -0.505. The molecule has 3 rings (SSSR count). The van der Waals surface area contributed by atoms with E-state index < -0.39 is 9.84 Å². The fraction of sp³-hybridized carbons (Fsp3) is 0.615. The highest BCUT2D eigenvalue weighted by molar-refractivity contribution is 7.91. The Hall–Kier alpha value is -1.90. The molecule has 120 valence electrons. The van der Waals surface area contributed by atoms with Crippen molar-refractivity contribution in [3.05, 3.63) is 18.6 Å². The maximum Gasteiger partial charge on any atom is 0.317 e. The first kappa shape index (κ1) is 15.0. The summed E-state index contributed by atoms with van der Waals surface area (Å²) in [6.07, 6.45) is 5.49. The van der Waals surface area contributed by atoms with Gasteiger partial charge in [-0.2, -0.15) is 0 Å². The van der Waals surface area contributed by atoms with Crippen LogP contribution < -0.4 is 10.2 Å². The van der Waals surface area contributed by atoms with Crippen LogP contribution in [-0.2, 0) is 9.84 Å². The Morgan fingerprint density at radius 2 is 2.00 bits per heavy atom. The van der Waals surface area contributed by atoms with Crippen molar-refractivity contribution in [1.29, 1.82) is 0 Å². The highest BCUT2D eigenvalue weighted by atomic mass is 32.2. The molecule has 2 fully saturated rings. The summed E-state index contributed by atoms with van der Waals surface area (Å²) >= 11 is 0. The lowest BCUT2D eigenvalue weighted by Gasteiger charge is -2.35. The second-order valence-corrected chi connectivity index (χ2v) is 7.82. The summed E-state index contributed by atoms with van der Waals surface area (Å²) in [4.78, 5) is 24.3. The van der Waals surface area contributed by atoms with Gasteiger partial charge >= 0.3 is 6.03 Å². The molecule has 0 saturated carbocycles. The summed E-state index contributed by atoms with van der Waals surface area (Å²) in [6.45, 7) is 2.55. The zero-order valence-electron chi connectivity index (χ0n) is 12.2. The molecule has 1 N–H and O–H groups in total. The molecular weight excluding hydrogens is 306 g/mol. The van der Waals surface area contributed by atoms with Crippen molar-refractivity contribution in [1.82, 2.24) is 20.2 Å². The molecule has 1 atom stereocenters. The number of anilines is 1. The fourth-order valence-electron chi connectivity index (χ4n) is 2.77. The molecule has 2 aliphatic heterocycles. The van der Waals surface area contributed by atoms with Crippen LogP contribution in [0.15, 0.2) is 18.6 Å². The average molecular weight is 325 g/mol. The molecule has 0 unspecified atom stereocenters. The number of rotatable bonds is 2. The van der Waals surface area contributed by atoms with Gasteiger partial charge in [-0.05, 0) is 6.42 Å². The SMILES string of the molecule is O=C(N[C@H]1CCS(=O)(=O)C1)N1CCN(c2cnccn2)CC1. The van der Waals surface area contributed by atoms with Crippen molar-refractivity contribution in [3.8, 4) is 0 Å². The molecule has 2 aliphatic rings. The molecule has 2 amide bonds. The van der Waals surface area contributed by atoms with E-state index in [9.17, 15) is 13.2 Å². The van der Waals surface area contributed by atoms with E-state index in [-0.39, 0.29) is 23.6 Å². The predicted molar refractivity (Wildman–Crippen MR) is 81.4 cm³/mol. The topological polar surface area (TPSA) is 95.5 Å². The van der Waals surface area contributed by atoms with Gasteiger partial charge in [-0.3, -0.25) is 4.98 Å². The molecule has 1 aromatic heterocycles. The summed E-state index contributed by atoms with van der Waals surface area (Å²) < 4.78 is 22.8. The number of nitrogens with zero attached hydrogens (tertiary/aromatic N) is 4. The van der Waals surface area contributed by atoms with Crippen LogP contribution in [-0.4, -0.2) is 73.0 Å². The van der Waals surface area contributed by atoms with Crippen LogP contribution in [0.4, 0.5) is 10.6 Å². The molecule has 8 nitrogen and oxygen atoms in total. The quantitative estimate of drug-likeness (QED) is 0.787. The summed E-state index contributed by atoms with van der Waals surface area (Å²) in [5.41, 5.74) is 0. The first-order valence-corrected chi connectivity index (χ1v) is 9.12. The molecule has 2 saturated heterocycles. The third kappa shape index (κ3) is 3.46. The molecule has 0 aliphatic carbocycles. The minimum Gasteiger partial charge on any atom is -0.352 e. The first-order valence-electron chi connectivity index (χ1n) is 7.30. The van der Waals surface area contributed by atoms with Crippen molar-refractivity contribution >= 4 is 21.7 Å². The third-order valence-electron chi connectivity index (χ3n) is 4.00. The van der Waals surface area contributed by atoms with Crippen LogP contribution in [0.5, 0.6) is 0 Å². The zero-order valence-corrected chi connectivity index (χ0v) is 13.0. The number of piperazine rings is 1. The van der Waals surface area contributed by atoms with Gasteiger partial charge in [0.25, 0.3) is 0 Å². The van der Waals surface area contributed by atoms with E-state index in [1.165, 1.54) is 0 Å². The summed E-state index contributed by atoms with van der Waals surface area (Å²) in [7, 11) is -2.97. The van der Waals surface area contributed by atoms with Crippen LogP contribution >= 0.6 is 0 Å². The van der Waals surface area contributed by atoms with E-state index in [0.717, 1.165) is 5.82 Å². The highest BCUT2D eigenvalue weighted by Gasteiger charge is 2.31. The molecule has 0 spiro atoms. The maximum atomic E-state index is 12.2. The second kappa shape index (κ2) is 6.07. The smallest absolute Gasteiger partial charge is 0.317 e. The summed E-state index contributed by atoms with van der Waals surface area (Å²) in [5.74, 6) is 1.03. The minimum absolute atomic E-state index is 0.0539. The van der Waals surface area contributed by atoms with Crippen LogP contribution in [0.25, 0.3) is 0 Å². The van der Waals surface area contributed by atoms with Crippen molar-refractivity contribution in [2.75, 3.05) is 42.6 Å². The van der Waals surface area contributed by atoms with Gasteiger partial charge in [-0.1, -0.05) is 0 Å². The fourth-order valence-corrected chi connectivity index (χ4v) is 4.44. The Morgan fingerprint density at radius 1 is 1.23 bits per heavy atom. The van der Waals surface area contributed by atoms with Gasteiger partial charge in [0.15, 0.2) is 9.84 Å². The average Bonchev–Trinajstić information content (AvgIpc) is 2.87. The van der Waals surface area contributed by atoms with E-state index in [1.807, 2.05) is 0 Å². The van der Waals surface area contributed by atoms with Gasteiger partial charge in [-0.25, -0.2) is 18.2 Å². The van der Waals surface area contributed by atoms with Gasteiger partial charge in [0, 0.05) is 44.6 Å². The largest absolute Gasteiger partial charge is 0.352 e. The number of hydrogen-bond donors (Lipinski definition) is 1. The van der Waals surface area contributed by atoms with Crippen molar-refractivity contribution in [3.63, 3.8) is 0 Å². The van der Waals surface area contributed by atoms with E-state index >= 15 is 0 Å². The lowest BCUT2D eigenvalue weighted by molar-refractivity contribution is 0.191. The molecule has 0 bridgehead atoms. The van der Waals surface area contributed by atoms with E-state index in [2.05, 4.69) is 20.2 Å². The number of nitrogens with one attached hydrogen (secondary N) is 1. The first-order chi connectivity index (χ1) is 10.5. The molecule has 0 radical (unpaired) electrons. The van der Waals surface area contributed by atoms with E-state index in [0.29, 0.717) is 32.6 Å². The molecule has 3 heterocycles. The number of carbonyl (C=O) groups excluding carboxylic acids is 1. The van der Waals surface area contributed by atoms with Crippen LogP contribution in [0, 0.1) is 0 Å². The Bertz CT molecular complexity index is 628. The Morgan fingerprint density at radius 3 is 2.59 bits per heavy atom. The molecule has 22 heavy (non-hydrogen) atoms. The Labute approximate surface area is 129 Å². The number of hydrogen-bond acceptors (Lipinski definition) is 6. The molecule has 9 heteroatoms. The Balaban J connectivity index is 1.50. The van der Waals surface area contributed by atoms with Gasteiger partial charge in [-0.15, -0.1) is 0 Å². The normalized spacial score (nSPS) is 24.3. The van der Waals surface area contributed by atoms with Gasteiger partial charge in [0.05, 0.1) is 17.7 Å². The number of aromatic nitrogens is 2. The van der Waals surface area contributed by atoms with Crippen LogP contribution in [0.3, 0.4) is 0 Å². The second-order valence-electron chi connectivity index (χ2n) is 5.59. The van der Waals surface area contributed by atoms with Crippen LogP contribution in [0.1, 0.15) is 6.42 Å². The number of amides is 2. The number of urea groups is 1. The summed E-state index contributed by atoms with van der Waals surface area (Å²) in [6, 6.07) is -0.434. The standard InChI is InChI=1S/C13H19N5O3S/c19-13(16-11-1-8-22(20,21)10-11)18-6-4-17(5-7-18)12-9-14-2-3-15-12/h2-3,9,11H,1,4-8,10H2,(H,16,19)/t11-/m0/s1.